The van der Waals surface area contributed by atoms with Crippen molar-refractivity contribution in [2.24, 2.45) is 0 Å². The van der Waals surface area contributed by atoms with Gasteiger partial charge in [-0.2, -0.15) is 4.98 Å². The molecule has 3 aromatic rings. The van der Waals surface area contributed by atoms with E-state index in [1.807, 2.05) is 63.2 Å². The van der Waals surface area contributed by atoms with Crippen LogP contribution >= 0.6 is 0 Å². The first-order valence-electron chi connectivity index (χ1n) is 7.73. The van der Waals surface area contributed by atoms with E-state index in [0.717, 1.165) is 10.9 Å². The fourth-order valence-electron chi connectivity index (χ4n) is 2.45. The summed E-state index contributed by atoms with van der Waals surface area (Å²) in [5.41, 5.74) is 0.678. The average Bonchev–Trinajstić information content (AvgIpc) is 3.12. The minimum absolute atomic E-state index is 0.213. The number of rotatable bonds is 5. The Hall–Kier alpha value is -2.67. The summed E-state index contributed by atoms with van der Waals surface area (Å²) in [5.74, 6) is 0.752. The standard InChI is InChI=1S/C17H21N5O2/c1-17(2,16-19-14(24-21-16)10-22(3)4)20-15(23)13-9-11-7-5-6-8-12(11)18-13/h5-9,18H,10H2,1-4H3,(H,20,23). The maximum absolute atomic E-state index is 12.6. The molecule has 0 spiro atoms. The number of benzene rings is 1. The largest absolute Gasteiger partial charge is 0.351 e. The first-order chi connectivity index (χ1) is 11.3. The van der Waals surface area contributed by atoms with Crippen molar-refractivity contribution in [2.75, 3.05) is 14.1 Å². The van der Waals surface area contributed by atoms with Crippen molar-refractivity contribution in [1.82, 2.24) is 25.3 Å². The lowest BCUT2D eigenvalue weighted by Gasteiger charge is -2.21. The van der Waals surface area contributed by atoms with E-state index in [-0.39, 0.29) is 5.91 Å². The van der Waals surface area contributed by atoms with Crippen molar-refractivity contribution in [3.05, 3.63) is 47.7 Å². The molecule has 0 aliphatic rings. The molecular weight excluding hydrogens is 306 g/mol. The number of carbonyl (C=O) groups is 1. The summed E-state index contributed by atoms with van der Waals surface area (Å²) in [6.07, 6.45) is 0. The van der Waals surface area contributed by atoms with Crippen molar-refractivity contribution in [2.45, 2.75) is 25.9 Å². The first-order valence-corrected chi connectivity index (χ1v) is 7.73. The number of hydrogen-bond acceptors (Lipinski definition) is 5. The molecule has 0 aliphatic heterocycles. The highest BCUT2D eigenvalue weighted by atomic mass is 16.5. The first kappa shape index (κ1) is 16.2. The molecule has 3 rings (SSSR count). The second kappa shape index (κ2) is 6.09. The van der Waals surface area contributed by atoms with Crippen molar-refractivity contribution < 1.29 is 9.32 Å². The van der Waals surface area contributed by atoms with Crippen LogP contribution in [-0.4, -0.2) is 40.0 Å². The number of fused-ring (bicyclic) bond motifs is 1. The summed E-state index contributed by atoms with van der Waals surface area (Å²) in [7, 11) is 3.85. The molecule has 2 aromatic heterocycles. The van der Waals surface area contributed by atoms with Crippen LogP contribution in [0.1, 0.15) is 36.1 Å². The van der Waals surface area contributed by atoms with Gasteiger partial charge in [-0.15, -0.1) is 0 Å². The lowest BCUT2D eigenvalue weighted by Crippen LogP contribution is -2.42. The Balaban J connectivity index is 1.77. The fourth-order valence-corrected chi connectivity index (χ4v) is 2.45. The number of amides is 1. The van der Waals surface area contributed by atoms with Gasteiger partial charge in [0.25, 0.3) is 5.91 Å². The molecule has 0 atom stereocenters. The fraction of sp³-hybridized carbons (Fsp3) is 0.353. The molecule has 0 saturated carbocycles. The number of para-hydroxylation sites is 1. The van der Waals surface area contributed by atoms with Gasteiger partial charge in [-0.25, -0.2) is 0 Å². The summed E-state index contributed by atoms with van der Waals surface area (Å²) in [4.78, 5) is 22.0. The number of carbonyl (C=O) groups excluding carboxylic acids is 1. The molecule has 126 valence electrons. The van der Waals surface area contributed by atoms with Gasteiger partial charge in [0.1, 0.15) is 5.69 Å². The predicted molar refractivity (Wildman–Crippen MR) is 90.5 cm³/mol. The number of nitrogens with one attached hydrogen (secondary N) is 2. The SMILES string of the molecule is CN(C)Cc1nc(C(C)(C)NC(=O)c2cc3ccccc3[nH]2)no1. The summed E-state index contributed by atoms with van der Waals surface area (Å²) < 4.78 is 5.24. The van der Waals surface area contributed by atoms with E-state index in [4.69, 9.17) is 4.52 Å². The van der Waals surface area contributed by atoms with E-state index in [0.29, 0.717) is 24.0 Å². The van der Waals surface area contributed by atoms with Gasteiger partial charge in [-0.05, 0) is 40.1 Å². The number of aromatic amines is 1. The van der Waals surface area contributed by atoms with E-state index >= 15 is 0 Å². The van der Waals surface area contributed by atoms with Crippen molar-refractivity contribution >= 4 is 16.8 Å². The van der Waals surface area contributed by atoms with Gasteiger partial charge in [0.15, 0.2) is 5.82 Å². The highest BCUT2D eigenvalue weighted by molar-refractivity contribution is 5.98. The molecule has 0 unspecified atom stereocenters. The van der Waals surface area contributed by atoms with Crippen molar-refractivity contribution in [1.29, 1.82) is 0 Å². The number of H-pyrrole nitrogens is 1. The Morgan fingerprint density at radius 3 is 2.79 bits per heavy atom. The Bertz CT molecular complexity index is 830. The number of hydrogen-bond donors (Lipinski definition) is 2. The molecule has 0 fully saturated rings. The molecule has 7 heteroatoms. The third kappa shape index (κ3) is 3.30. The molecule has 2 heterocycles. The van der Waals surface area contributed by atoms with Crippen LogP contribution in [0, 0.1) is 0 Å². The van der Waals surface area contributed by atoms with Gasteiger partial charge >= 0.3 is 0 Å². The predicted octanol–water partition coefficient (Wildman–Crippen LogP) is 2.28. The Labute approximate surface area is 140 Å². The molecule has 1 aromatic carbocycles. The maximum Gasteiger partial charge on any atom is 0.268 e. The third-order valence-electron chi connectivity index (χ3n) is 3.68. The van der Waals surface area contributed by atoms with Gasteiger partial charge in [0.2, 0.25) is 5.89 Å². The minimum Gasteiger partial charge on any atom is -0.351 e. The highest BCUT2D eigenvalue weighted by Crippen LogP contribution is 2.19. The zero-order valence-electron chi connectivity index (χ0n) is 14.3. The molecule has 0 aliphatic carbocycles. The van der Waals surface area contributed by atoms with Gasteiger partial charge in [-0.3, -0.25) is 4.79 Å². The number of nitrogens with zero attached hydrogens (tertiary/aromatic N) is 3. The van der Waals surface area contributed by atoms with Gasteiger partial charge in [0, 0.05) is 10.9 Å². The monoisotopic (exact) mass is 327 g/mol. The third-order valence-corrected chi connectivity index (χ3v) is 3.68. The quantitative estimate of drug-likeness (QED) is 0.751. The van der Waals surface area contributed by atoms with E-state index in [9.17, 15) is 4.79 Å². The highest BCUT2D eigenvalue weighted by Gasteiger charge is 2.29. The van der Waals surface area contributed by atoms with Crippen LogP contribution in [0.15, 0.2) is 34.9 Å². The zero-order chi connectivity index (χ0) is 17.3. The van der Waals surface area contributed by atoms with Crippen LogP contribution in [0.4, 0.5) is 0 Å². The van der Waals surface area contributed by atoms with Gasteiger partial charge < -0.3 is 19.7 Å². The second-order valence-electron chi connectivity index (χ2n) is 6.60. The zero-order valence-corrected chi connectivity index (χ0v) is 14.3. The molecular formula is C17H21N5O2. The Kier molecular flexibility index (Phi) is 4.11. The molecule has 2 N–H and O–H groups in total. The normalized spacial score (nSPS) is 12.0. The van der Waals surface area contributed by atoms with Crippen LogP contribution in [0.25, 0.3) is 10.9 Å². The maximum atomic E-state index is 12.6. The van der Waals surface area contributed by atoms with Gasteiger partial charge in [-0.1, -0.05) is 23.4 Å². The second-order valence-corrected chi connectivity index (χ2v) is 6.60. The smallest absolute Gasteiger partial charge is 0.268 e. The van der Waals surface area contributed by atoms with Crippen LogP contribution in [-0.2, 0) is 12.1 Å². The average molecular weight is 327 g/mol. The molecule has 0 radical (unpaired) electrons. The summed E-state index contributed by atoms with van der Waals surface area (Å²) in [6.45, 7) is 4.24. The molecule has 1 amide bonds. The molecule has 7 nitrogen and oxygen atoms in total. The van der Waals surface area contributed by atoms with Gasteiger partial charge in [0.05, 0.1) is 12.1 Å². The topological polar surface area (TPSA) is 87.0 Å². The van der Waals surface area contributed by atoms with Crippen LogP contribution in [0.3, 0.4) is 0 Å². The molecule has 0 bridgehead atoms. The van der Waals surface area contributed by atoms with Crippen molar-refractivity contribution in [3.8, 4) is 0 Å². The minimum atomic E-state index is -0.748. The van der Waals surface area contributed by atoms with E-state index in [1.165, 1.54) is 0 Å². The van der Waals surface area contributed by atoms with Crippen LogP contribution in [0.2, 0.25) is 0 Å². The summed E-state index contributed by atoms with van der Waals surface area (Å²) >= 11 is 0. The summed E-state index contributed by atoms with van der Waals surface area (Å²) in [5, 5.41) is 7.93. The van der Waals surface area contributed by atoms with E-state index < -0.39 is 5.54 Å². The lowest BCUT2D eigenvalue weighted by molar-refractivity contribution is 0.0903. The van der Waals surface area contributed by atoms with E-state index in [1.54, 1.807) is 0 Å². The van der Waals surface area contributed by atoms with Crippen LogP contribution in [0.5, 0.6) is 0 Å². The summed E-state index contributed by atoms with van der Waals surface area (Å²) in [6, 6.07) is 9.59. The van der Waals surface area contributed by atoms with Crippen molar-refractivity contribution in [3.63, 3.8) is 0 Å². The number of aromatic nitrogens is 3. The Morgan fingerprint density at radius 1 is 1.33 bits per heavy atom. The molecule has 24 heavy (non-hydrogen) atoms. The molecule has 0 saturated heterocycles. The van der Waals surface area contributed by atoms with Crippen LogP contribution < -0.4 is 5.32 Å². The van der Waals surface area contributed by atoms with E-state index in [2.05, 4.69) is 20.4 Å². The lowest BCUT2D eigenvalue weighted by atomic mass is 10.0. The Morgan fingerprint density at radius 2 is 2.08 bits per heavy atom.